The van der Waals surface area contributed by atoms with Gasteiger partial charge in [0, 0.05) is 6.20 Å². The molecule has 7 rings (SSSR count). The highest BCUT2D eigenvalue weighted by Crippen LogP contribution is 2.53. The zero-order valence-electron chi connectivity index (χ0n) is 22.5. The van der Waals surface area contributed by atoms with Gasteiger partial charge in [-0.2, -0.15) is 4.98 Å². The van der Waals surface area contributed by atoms with E-state index in [4.69, 9.17) is 39.0 Å². The van der Waals surface area contributed by atoms with E-state index in [2.05, 4.69) is 24.9 Å². The maximum Gasteiger partial charge on any atom is 0.472 e. The minimum Gasteiger partial charge on any atom is -0.387 e. The van der Waals surface area contributed by atoms with Gasteiger partial charge in [0.25, 0.3) is 5.56 Å². The number of nitrogens with two attached hydrogens (primary N) is 2. The Labute approximate surface area is 249 Å². The molecular formula is C21H25N9O13P2. The second kappa shape index (κ2) is 10.9. The fourth-order valence-electron chi connectivity index (χ4n) is 5.44. The molecule has 4 aromatic rings. The fourth-order valence-corrected chi connectivity index (χ4v) is 7.33. The summed E-state index contributed by atoms with van der Waals surface area (Å²) in [5, 5.41) is 22.6. The summed E-state index contributed by atoms with van der Waals surface area (Å²) in [6, 6.07) is 1.56. The van der Waals surface area contributed by atoms with Crippen LogP contribution in [0, 0.1) is 0 Å². The molecule has 0 saturated carbocycles. The second-order valence-electron chi connectivity index (χ2n) is 10.3. The van der Waals surface area contributed by atoms with Crippen LogP contribution in [0.1, 0.15) is 12.5 Å². The molecule has 10 atom stereocenters. The molecule has 9 N–H and O–H groups in total. The number of hydrogen-bond acceptors (Lipinski definition) is 17. The van der Waals surface area contributed by atoms with Crippen molar-refractivity contribution in [1.82, 2.24) is 34.1 Å². The van der Waals surface area contributed by atoms with Crippen LogP contribution in [0.4, 0.5) is 11.8 Å². The van der Waals surface area contributed by atoms with Gasteiger partial charge in [-0.3, -0.25) is 32.4 Å². The lowest BCUT2D eigenvalue weighted by Crippen LogP contribution is -2.36. The van der Waals surface area contributed by atoms with Gasteiger partial charge < -0.3 is 45.5 Å². The highest BCUT2D eigenvalue weighted by molar-refractivity contribution is 7.47. The predicted octanol–water partition coefficient (Wildman–Crippen LogP) is -1.74. The summed E-state index contributed by atoms with van der Waals surface area (Å²) in [5.74, 6) is -0.135. The van der Waals surface area contributed by atoms with Crippen LogP contribution in [0.3, 0.4) is 0 Å². The molecule has 7 heterocycles. The number of anilines is 2. The molecule has 0 aliphatic carbocycles. The number of aliphatic hydroxyl groups excluding tert-OH is 2. The van der Waals surface area contributed by atoms with Crippen LogP contribution in [-0.4, -0.2) is 104 Å². The first kappa shape index (κ1) is 30.3. The zero-order valence-corrected chi connectivity index (χ0v) is 24.3. The van der Waals surface area contributed by atoms with Crippen molar-refractivity contribution < 1.29 is 56.7 Å². The first-order valence-electron chi connectivity index (χ1n) is 13.1. The second-order valence-corrected chi connectivity index (χ2v) is 13.1. The van der Waals surface area contributed by atoms with Crippen LogP contribution >= 0.6 is 15.6 Å². The Balaban J connectivity index is 1.21. The molecule has 3 aliphatic rings. The first-order valence-corrected chi connectivity index (χ1v) is 16.1. The van der Waals surface area contributed by atoms with E-state index in [1.54, 1.807) is 6.07 Å². The molecule has 242 valence electrons. The Hall–Kier alpha value is -3.37. The summed E-state index contributed by atoms with van der Waals surface area (Å²) < 4.78 is 61.3. The Kier molecular flexibility index (Phi) is 7.32. The molecule has 3 fully saturated rings. The number of imidazole rings is 1. The minimum absolute atomic E-state index is 0.124. The third-order valence-electron chi connectivity index (χ3n) is 7.47. The van der Waals surface area contributed by atoms with Gasteiger partial charge >= 0.3 is 15.6 Å². The molecule has 3 saturated heterocycles. The average Bonchev–Trinajstić information content (AvgIpc) is 3.72. The van der Waals surface area contributed by atoms with Gasteiger partial charge in [0.15, 0.2) is 23.6 Å². The number of phosphoric ester groups is 2. The number of fused-ring (bicyclic) bond motifs is 5. The zero-order chi connectivity index (χ0) is 31.8. The van der Waals surface area contributed by atoms with E-state index in [-0.39, 0.29) is 28.6 Å². The lowest BCUT2D eigenvalue weighted by molar-refractivity contribution is -0.0671. The van der Waals surface area contributed by atoms with Crippen molar-refractivity contribution >= 4 is 49.6 Å². The van der Waals surface area contributed by atoms with Gasteiger partial charge in [0.05, 0.1) is 24.9 Å². The summed E-state index contributed by atoms with van der Waals surface area (Å²) in [6.07, 6.45) is -8.73. The number of ether oxygens (including phenoxy) is 2. The van der Waals surface area contributed by atoms with Gasteiger partial charge in [-0.05, 0) is 6.07 Å². The van der Waals surface area contributed by atoms with Crippen molar-refractivity contribution in [2.75, 3.05) is 24.7 Å². The Morgan fingerprint density at radius 3 is 2.33 bits per heavy atom. The number of aliphatic hydroxyl groups is 2. The van der Waals surface area contributed by atoms with E-state index >= 15 is 0 Å². The van der Waals surface area contributed by atoms with Crippen LogP contribution in [0.25, 0.3) is 22.2 Å². The Morgan fingerprint density at radius 1 is 0.889 bits per heavy atom. The molecule has 0 radical (unpaired) electrons. The Bertz CT molecular complexity index is 1930. The van der Waals surface area contributed by atoms with Crippen LogP contribution in [0.15, 0.2) is 29.7 Å². The molecule has 0 aromatic carbocycles. The van der Waals surface area contributed by atoms with Gasteiger partial charge in [-0.15, -0.1) is 0 Å². The highest BCUT2D eigenvalue weighted by atomic mass is 31.2. The van der Waals surface area contributed by atoms with E-state index in [0.717, 1.165) is 10.9 Å². The van der Waals surface area contributed by atoms with Crippen molar-refractivity contribution in [2.24, 2.45) is 0 Å². The van der Waals surface area contributed by atoms with Crippen molar-refractivity contribution in [1.29, 1.82) is 0 Å². The Morgan fingerprint density at radius 2 is 1.58 bits per heavy atom. The summed E-state index contributed by atoms with van der Waals surface area (Å²) in [6.45, 7) is -1.62. The summed E-state index contributed by atoms with van der Waals surface area (Å²) in [5.41, 5.74) is 10.8. The topological polar surface area (TPSA) is 317 Å². The van der Waals surface area contributed by atoms with Crippen molar-refractivity contribution in [3.63, 3.8) is 0 Å². The maximum atomic E-state index is 13.2. The first-order chi connectivity index (χ1) is 21.3. The number of nitrogens with zero attached hydrogens (tertiary/aromatic N) is 6. The monoisotopic (exact) mass is 673 g/mol. The fraction of sp³-hybridized carbons (Fsp3) is 0.476. The quantitative estimate of drug-likeness (QED) is 0.116. The predicted molar refractivity (Wildman–Crippen MR) is 146 cm³/mol. The number of rotatable bonds is 2. The van der Waals surface area contributed by atoms with Gasteiger partial charge in [0.1, 0.15) is 54.4 Å². The lowest BCUT2D eigenvalue weighted by atomic mass is 10.1. The van der Waals surface area contributed by atoms with E-state index in [1.165, 1.54) is 17.1 Å². The van der Waals surface area contributed by atoms with Crippen LogP contribution < -0.4 is 17.0 Å². The lowest BCUT2D eigenvalue weighted by Gasteiger charge is -2.25. The summed E-state index contributed by atoms with van der Waals surface area (Å²) in [7, 11) is -10.2. The molecule has 3 unspecified atom stereocenters. The number of phosphoric acid groups is 2. The molecule has 0 spiro atoms. The summed E-state index contributed by atoms with van der Waals surface area (Å²) in [4.78, 5) is 51.8. The number of aromatic nitrogens is 7. The highest BCUT2D eigenvalue weighted by Gasteiger charge is 2.53. The van der Waals surface area contributed by atoms with Gasteiger partial charge in [-0.25, -0.2) is 24.1 Å². The van der Waals surface area contributed by atoms with E-state index in [0.29, 0.717) is 5.39 Å². The van der Waals surface area contributed by atoms with Crippen molar-refractivity contribution in [2.45, 2.75) is 49.1 Å². The summed E-state index contributed by atoms with van der Waals surface area (Å²) >= 11 is 0. The largest absolute Gasteiger partial charge is 0.472 e. The molecule has 0 amide bonds. The molecular weight excluding hydrogens is 648 g/mol. The van der Waals surface area contributed by atoms with Crippen molar-refractivity contribution in [3.05, 3.63) is 35.3 Å². The van der Waals surface area contributed by atoms with Gasteiger partial charge in [-0.1, -0.05) is 0 Å². The third kappa shape index (κ3) is 5.33. The average molecular weight is 673 g/mol. The molecule has 2 bridgehead atoms. The minimum atomic E-state index is -5.10. The number of nitrogens with one attached hydrogen (secondary N) is 1. The number of aromatic amines is 1. The molecule has 24 heteroatoms. The number of hydrogen-bond donors (Lipinski definition) is 7. The van der Waals surface area contributed by atoms with Crippen LogP contribution in [0.5, 0.6) is 0 Å². The SMILES string of the molecule is Nc1nc2c(ncn2[C@@H]2O[C@@H]3COP(=O)(O)O[C@@H]4C(COP(=O)(O)O[C@@H]2[C@@H]3O)O[C@@H](n2ccc3c(N)ncnc32)[C@@H]4O)c(=O)[nH]1. The van der Waals surface area contributed by atoms with Gasteiger partial charge in [0.2, 0.25) is 5.95 Å². The van der Waals surface area contributed by atoms with Crippen LogP contribution in [0.2, 0.25) is 0 Å². The molecule has 22 nitrogen and oxygen atoms in total. The molecule has 4 aromatic heterocycles. The number of nitrogen functional groups attached to an aromatic ring is 2. The molecule has 45 heavy (non-hydrogen) atoms. The standard InChI is InChI=1S/C21H25N9O13P2/c22-15-7-1-2-29(16(7)25-5-24-15)19-12(32)13-9(41-19)4-39-45(36,37)43-14-11(31)8(3-38-44(34,35)42-13)40-20(14)30-6-26-10-17(30)27-21(23)28-18(10)33/h1-2,5-6,8-9,11-14,19-20,31-32H,3-4H2,(H,34,35)(H,36,37)(H2,22,24,25)(H3,23,27,28,33)/t8-,9?,11-,12-,13-,14-,19-,20-/m1/s1. The maximum absolute atomic E-state index is 13.2. The normalized spacial score (nSPS) is 37.7. The smallest absolute Gasteiger partial charge is 0.387 e. The van der Waals surface area contributed by atoms with E-state index in [1.807, 2.05) is 0 Å². The van der Waals surface area contributed by atoms with E-state index in [9.17, 15) is 33.9 Å². The molecule has 3 aliphatic heterocycles. The van der Waals surface area contributed by atoms with Crippen LogP contribution in [-0.2, 0) is 36.7 Å². The third-order valence-corrected chi connectivity index (χ3v) is 9.45. The van der Waals surface area contributed by atoms with Crippen molar-refractivity contribution in [3.8, 4) is 0 Å². The van der Waals surface area contributed by atoms with E-state index < -0.39 is 83.5 Å². The number of H-pyrrole nitrogens is 1.